The van der Waals surface area contributed by atoms with E-state index in [2.05, 4.69) is 17.1 Å². The summed E-state index contributed by atoms with van der Waals surface area (Å²) < 4.78 is 38.1. The Morgan fingerprint density at radius 1 is 0.922 bits per heavy atom. The Labute approximate surface area is 307 Å². The van der Waals surface area contributed by atoms with Crippen molar-refractivity contribution in [3.63, 3.8) is 0 Å². The van der Waals surface area contributed by atoms with Crippen molar-refractivity contribution in [2.45, 2.75) is 186 Å². The first kappa shape index (κ1) is 44.4. The highest BCUT2D eigenvalue weighted by atomic mass is 16.7. The largest absolute Gasteiger partial charge is 0.459 e. The van der Waals surface area contributed by atoms with Crippen molar-refractivity contribution in [1.29, 1.82) is 0 Å². The van der Waals surface area contributed by atoms with Gasteiger partial charge in [-0.2, -0.15) is 0 Å². The lowest BCUT2D eigenvalue weighted by atomic mass is 9.77. The highest BCUT2D eigenvalue weighted by Crippen LogP contribution is 2.40. The first-order valence-corrected chi connectivity index (χ1v) is 19.1. The molecule has 0 bridgehead atoms. The second kappa shape index (κ2) is 17.7. The van der Waals surface area contributed by atoms with Crippen LogP contribution in [0, 0.1) is 23.7 Å². The molecule has 3 heterocycles. The quantitative estimate of drug-likeness (QED) is 0.243. The molecule has 0 aromatic carbocycles. The Morgan fingerprint density at radius 2 is 1.55 bits per heavy atom. The minimum atomic E-state index is -1.77. The molecule has 3 aliphatic heterocycles. The van der Waals surface area contributed by atoms with E-state index < -0.39 is 89.9 Å². The van der Waals surface area contributed by atoms with Crippen molar-refractivity contribution in [2.75, 3.05) is 27.7 Å². The SMILES string of the molecule is CC[C@H]1OC(=O)[C@H](C)[C@@H](O[C@H]2C[C@@](C)(OC)[C@@H](O)[C@H](C)O2)[C@H](C)[C@@H](O[C@@H]2O[C@H](C)C[C@H](N(C)C)[C@H]2C)[C@](C)(O)C[C@@H](C)CN[C@H](C)[C@@H](O)[C@]1(C)O. The lowest BCUT2D eigenvalue weighted by molar-refractivity contribution is -0.312. The van der Waals surface area contributed by atoms with E-state index in [1.165, 1.54) is 14.0 Å². The van der Waals surface area contributed by atoms with Gasteiger partial charge in [-0.1, -0.05) is 27.7 Å². The average Bonchev–Trinajstić information content (AvgIpc) is 3.05. The molecule has 0 aromatic heterocycles. The van der Waals surface area contributed by atoms with Gasteiger partial charge >= 0.3 is 5.97 Å². The molecule has 51 heavy (non-hydrogen) atoms. The van der Waals surface area contributed by atoms with Crippen LogP contribution in [0.3, 0.4) is 0 Å². The molecule has 0 aromatic rings. The van der Waals surface area contributed by atoms with E-state index in [-0.39, 0.29) is 36.8 Å². The number of aliphatic hydroxyl groups is 4. The number of aliphatic hydroxyl groups excluding tert-OH is 2. The maximum absolute atomic E-state index is 14.2. The summed E-state index contributed by atoms with van der Waals surface area (Å²) in [6, 6.07) is -0.381. The van der Waals surface area contributed by atoms with Crippen LogP contribution in [0.2, 0.25) is 0 Å². The van der Waals surface area contributed by atoms with Gasteiger partial charge in [0.2, 0.25) is 0 Å². The molecule has 3 saturated heterocycles. The molecule has 300 valence electrons. The Morgan fingerprint density at radius 3 is 2.12 bits per heavy atom. The van der Waals surface area contributed by atoms with Gasteiger partial charge in [0.15, 0.2) is 12.6 Å². The van der Waals surface area contributed by atoms with Crippen LogP contribution in [0.15, 0.2) is 0 Å². The zero-order valence-corrected chi connectivity index (χ0v) is 33.8. The molecule has 0 unspecified atom stereocenters. The molecule has 0 spiro atoms. The summed E-state index contributed by atoms with van der Waals surface area (Å²) >= 11 is 0. The topological polar surface area (TPSA) is 169 Å². The predicted molar refractivity (Wildman–Crippen MR) is 193 cm³/mol. The number of hydrogen-bond donors (Lipinski definition) is 5. The molecule has 0 aliphatic carbocycles. The van der Waals surface area contributed by atoms with Crippen LogP contribution in [0.4, 0.5) is 0 Å². The van der Waals surface area contributed by atoms with E-state index in [9.17, 15) is 25.2 Å². The van der Waals surface area contributed by atoms with Crippen LogP contribution in [-0.2, 0) is 33.2 Å². The summed E-state index contributed by atoms with van der Waals surface area (Å²) in [6.07, 6.45) is -5.76. The van der Waals surface area contributed by atoms with Gasteiger partial charge in [0, 0.05) is 37.5 Å². The summed E-state index contributed by atoms with van der Waals surface area (Å²) in [5.74, 6) is -2.36. The second-order valence-electron chi connectivity index (χ2n) is 17.1. The van der Waals surface area contributed by atoms with E-state index in [1.54, 1.807) is 41.5 Å². The van der Waals surface area contributed by atoms with Crippen molar-refractivity contribution < 1.29 is 53.6 Å². The number of carbonyl (C=O) groups is 1. The maximum atomic E-state index is 14.2. The Hall–Kier alpha value is -0.970. The van der Waals surface area contributed by atoms with Gasteiger partial charge in [0.05, 0.1) is 41.5 Å². The number of ether oxygens (including phenoxy) is 6. The van der Waals surface area contributed by atoms with Crippen molar-refractivity contribution in [2.24, 2.45) is 23.7 Å². The van der Waals surface area contributed by atoms with Gasteiger partial charge in [-0.25, -0.2) is 0 Å². The fraction of sp³-hybridized carbons (Fsp3) is 0.974. The number of cyclic esters (lactones) is 1. The highest BCUT2D eigenvalue weighted by Gasteiger charge is 2.52. The smallest absolute Gasteiger partial charge is 0.311 e. The van der Waals surface area contributed by atoms with E-state index >= 15 is 0 Å². The number of methoxy groups -OCH3 is 1. The molecule has 3 fully saturated rings. The maximum Gasteiger partial charge on any atom is 0.311 e. The molecule has 0 radical (unpaired) electrons. The molecule has 13 nitrogen and oxygen atoms in total. The standard InChI is InChI=1S/C38H72N2O11/c1-15-28-38(11,45)31(41)25(7)39-19-20(2)17-36(9,44)33(51-35-22(4)27(40(12)13)16-21(3)47-35)23(5)30(24(6)34(43)49-28)50-29-18-37(10,46-14)32(42)26(8)48-29/h20-33,35,39,41-42,44-45H,15-19H2,1-14H3/t20-,21-,22-,23+,24-,25-,26+,27+,28-,29+,30+,31-,32+,33-,35+,36-,37-,38-/m1/s1. The minimum absolute atomic E-state index is 0.0436. The summed E-state index contributed by atoms with van der Waals surface area (Å²) in [6.45, 7) is 20.5. The normalized spacial score (nSPS) is 49.9. The number of rotatable bonds is 7. The molecule has 18 atom stereocenters. The Balaban J connectivity index is 2.15. The third-order valence-corrected chi connectivity index (χ3v) is 12.1. The highest BCUT2D eigenvalue weighted by molar-refractivity contribution is 5.73. The number of carbonyl (C=O) groups excluding carboxylic acids is 1. The molecule has 13 heteroatoms. The van der Waals surface area contributed by atoms with E-state index in [4.69, 9.17) is 28.4 Å². The molecule has 0 saturated carbocycles. The zero-order valence-electron chi connectivity index (χ0n) is 33.8. The van der Waals surface area contributed by atoms with Crippen LogP contribution in [-0.4, -0.2) is 143 Å². The van der Waals surface area contributed by atoms with E-state index in [0.717, 1.165) is 6.42 Å². The zero-order chi connectivity index (χ0) is 38.8. The van der Waals surface area contributed by atoms with Gasteiger partial charge in [-0.05, 0) is 94.3 Å². The first-order valence-electron chi connectivity index (χ1n) is 19.1. The van der Waals surface area contributed by atoms with Crippen LogP contribution in [0.1, 0.15) is 102 Å². The fourth-order valence-electron chi connectivity index (χ4n) is 8.69. The Bertz CT molecular complexity index is 1110. The first-order chi connectivity index (χ1) is 23.5. The summed E-state index contributed by atoms with van der Waals surface area (Å²) in [5.41, 5.74) is -4.20. The molecule has 3 rings (SSSR count). The van der Waals surface area contributed by atoms with Gasteiger partial charge in [0.1, 0.15) is 23.9 Å². The molecular formula is C38H72N2O11. The second-order valence-corrected chi connectivity index (χ2v) is 17.1. The number of esters is 1. The van der Waals surface area contributed by atoms with Crippen molar-refractivity contribution in [1.82, 2.24) is 10.2 Å². The van der Waals surface area contributed by atoms with Gasteiger partial charge in [-0.3, -0.25) is 4.79 Å². The number of nitrogens with zero attached hydrogens (tertiary/aromatic N) is 1. The average molecular weight is 733 g/mol. The minimum Gasteiger partial charge on any atom is -0.459 e. The summed E-state index contributed by atoms with van der Waals surface area (Å²) in [7, 11) is 5.61. The lowest BCUT2D eigenvalue weighted by Crippen LogP contribution is -2.59. The van der Waals surface area contributed by atoms with Crippen LogP contribution in [0.5, 0.6) is 0 Å². The van der Waals surface area contributed by atoms with Crippen LogP contribution in [0.25, 0.3) is 0 Å². The van der Waals surface area contributed by atoms with Crippen LogP contribution < -0.4 is 5.32 Å². The van der Waals surface area contributed by atoms with E-state index in [1.807, 2.05) is 34.9 Å². The van der Waals surface area contributed by atoms with Crippen molar-refractivity contribution in [3.05, 3.63) is 0 Å². The predicted octanol–water partition coefficient (Wildman–Crippen LogP) is 2.83. The fourth-order valence-corrected chi connectivity index (χ4v) is 8.69. The van der Waals surface area contributed by atoms with Crippen molar-refractivity contribution in [3.8, 4) is 0 Å². The van der Waals surface area contributed by atoms with Gasteiger partial charge in [0.25, 0.3) is 0 Å². The third-order valence-electron chi connectivity index (χ3n) is 12.1. The lowest BCUT2D eigenvalue weighted by Gasteiger charge is -2.49. The van der Waals surface area contributed by atoms with E-state index in [0.29, 0.717) is 13.0 Å². The number of nitrogens with one attached hydrogen (secondary N) is 1. The molecule has 5 N–H and O–H groups in total. The summed E-state index contributed by atoms with van der Waals surface area (Å²) in [4.78, 5) is 16.3. The monoisotopic (exact) mass is 733 g/mol. The third kappa shape index (κ3) is 10.2. The van der Waals surface area contributed by atoms with Crippen LogP contribution >= 0.6 is 0 Å². The Kier molecular flexibility index (Phi) is 15.4. The van der Waals surface area contributed by atoms with Gasteiger partial charge < -0.3 is 59.1 Å². The molecule has 0 amide bonds. The molecule has 3 aliphatic rings. The number of hydrogen-bond acceptors (Lipinski definition) is 13. The summed E-state index contributed by atoms with van der Waals surface area (Å²) in [5, 5.41) is 49.6. The van der Waals surface area contributed by atoms with Crippen molar-refractivity contribution >= 4 is 5.97 Å². The van der Waals surface area contributed by atoms with Gasteiger partial charge in [-0.15, -0.1) is 0 Å². The molecular weight excluding hydrogens is 660 g/mol.